The first-order chi connectivity index (χ1) is 16.3. The molecule has 0 N–H and O–H groups in total. The summed E-state index contributed by atoms with van der Waals surface area (Å²) >= 11 is 2.47. The summed E-state index contributed by atoms with van der Waals surface area (Å²) in [6.45, 7) is 0. The molecule has 0 atom stereocenters. The number of nitrogens with zero attached hydrogens (tertiary/aromatic N) is 2. The number of benzene rings is 5. The van der Waals surface area contributed by atoms with Gasteiger partial charge in [0.15, 0.2) is 0 Å². The maximum Gasteiger partial charge on any atom is 0.0621 e. The molecule has 9 aromatic rings. The summed E-state index contributed by atoms with van der Waals surface area (Å²) in [6.07, 6.45) is 0. The zero-order chi connectivity index (χ0) is 21.4. The van der Waals surface area contributed by atoms with E-state index >= 15 is 0 Å². The van der Waals surface area contributed by atoms with Gasteiger partial charge < -0.3 is 8.80 Å². The van der Waals surface area contributed by atoms with Crippen LogP contribution < -0.4 is 0 Å². The lowest BCUT2D eigenvalue weighted by atomic mass is 10.0. The molecule has 0 saturated carbocycles. The van der Waals surface area contributed by atoms with Gasteiger partial charge in [-0.2, -0.15) is 0 Å². The molecule has 0 saturated heterocycles. The van der Waals surface area contributed by atoms with Crippen LogP contribution in [0, 0.1) is 3.57 Å². The molecule has 0 aliphatic heterocycles. The first-order valence-corrected chi connectivity index (χ1v) is 12.3. The lowest BCUT2D eigenvalue weighted by Gasteiger charge is -2.01. The van der Waals surface area contributed by atoms with E-state index in [1.807, 2.05) is 0 Å². The number of para-hydroxylation sites is 3. The van der Waals surface area contributed by atoms with E-state index in [0.29, 0.717) is 0 Å². The van der Waals surface area contributed by atoms with Crippen LogP contribution in [0.1, 0.15) is 0 Å². The van der Waals surface area contributed by atoms with Gasteiger partial charge in [0.2, 0.25) is 0 Å². The van der Waals surface area contributed by atoms with Crippen molar-refractivity contribution in [2.45, 2.75) is 0 Å². The van der Waals surface area contributed by atoms with Crippen LogP contribution in [0.5, 0.6) is 0 Å². The minimum Gasteiger partial charge on any atom is -0.308 e. The molecule has 2 nitrogen and oxygen atoms in total. The molecule has 0 aliphatic rings. The molecular weight excluding hydrogens is 515 g/mol. The van der Waals surface area contributed by atoms with Crippen LogP contribution in [0.4, 0.5) is 0 Å². The fourth-order valence-electron chi connectivity index (χ4n) is 6.38. The predicted octanol–water partition coefficient (Wildman–Crippen LogP) is 8.59. The summed E-state index contributed by atoms with van der Waals surface area (Å²) in [6, 6.07) is 33.9. The van der Waals surface area contributed by atoms with Crippen LogP contribution in [0.3, 0.4) is 0 Å². The Balaban J connectivity index is 1.64. The first-order valence-electron chi connectivity index (χ1n) is 11.2. The van der Waals surface area contributed by atoms with Crippen LogP contribution in [0.25, 0.3) is 76.2 Å². The van der Waals surface area contributed by atoms with Crippen molar-refractivity contribution in [3.63, 3.8) is 0 Å². The highest BCUT2D eigenvalue weighted by atomic mass is 127. The average molecular weight is 530 g/mol. The van der Waals surface area contributed by atoms with Gasteiger partial charge in [-0.1, -0.05) is 54.6 Å². The Morgan fingerprint density at radius 2 is 0.879 bits per heavy atom. The molecule has 0 fully saturated rings. The topological polar surface area (TPSA) is 8.82 Å². The Labute approximate surface area is 201 Å². The van der Waals surface area contributed by atoms with E-state index in [2.05, 4.69) is 122 Å². The van der Waals surface area contributed by atoms with Crippen molar-refractivity contribution in [1.82, 2.24) is 8.80 Å². The first kappa shape index (κ1) is 17.0. The van der Waals surface area contributed by atoms with Gasteiger partial charge in [-0.05, 0) is 59.0 Å². The van der Waals surface area contributed by atoms with Gasteiger partial charge in [0.25, 0.3) is 0 Å². The van der Waals surface area contributed by atoms with Crippen molar-refractivity contribution in [2.75, 3.05) is 0 Å². The Morgan fingerprint density at radius 1 is 0.394 bits per heavy atom. The predicted molar refractivity (Wildman–Crippen MR) is 148 cm³/mol. The second-order valence-electron chi connectivity index (χ2n) is 9.14. The number of rotatable bonds is 0. The van der Waals surface area contributed by atoms with Crippen molar-refractivity contribution in [1.29, 1.82) is 0 Å². The molecule has 152 valence electrons. The molecule has 0 unspecified atom stereocenters. The highest BCUT2D eigenvalue weighted by Crippen LogP contribution is 2.44. The standard InChI is InChI=1S/C30H15IN2/c31-16-12-23-18-7-2-4-11-26(18)33-28-15-27-21(14-22(28)24(13-16)30(23)33)20-9-5-8-19-17-6-1-3-10-25(17)32(27)29(19)20/h1-15H. The van der Waals surface area contributed by atoms with E-state index in [1.54, 1.807) is 0 Å². The number of fused-ring (bicyclic) bond motifs is 12. The minimum atomic E-state index is 1.28. The normalized spacial score (nSPS) is 13.0. The molecule has 0 bridgehead atoms. The third-order valence-electron chi connectivity index (χ3n) is 7.60. The molecule has 0 radical (unpaired) electrons. The Kier molecular flexibility index (Phi) is 2.82. The number of halogens is 1. The van der Waals surface area contributed by atoms with Gasteiger partial charge in [0.05, 0.1) is 33.1 Å². The monoisotopic (exact) mass is 530 g/mol. The summed E-state index contributed by atoms with van der Waals surface area (Å²) in [5.74, 6) is 0. The third-order valence-corrected chi connectivity index (χ3v) is 8.23. The molecule has 0 aliphatic carbocycles. The maximum atomic E-state index is 2.48. The smallest absolute Gasteiger partial charge is 0.0621 e. The van der Waals surface area contributed by atoms with Crippen molar-refractivity contribution >= 4 is 98.8 Å². The van der Waals surface area contributed by atoms with Gasteiger partial charge >= 0.3 is 0 Å². The van der Waals surface area contributed by atoms with E-state index in [1.165, 1.54) is 79.8 Å². The van der Waals surface area contributed by atoms with Crippen molar-refractivity contribution in [3.05, 3.63) is 94.6 Å². The molecule has 4 heterocycles. The van der Waals surface area contributed by atoms with Crippen LogP contribution >= 0.6 is 22.6 Å². The quantitative estimate of drug-likeness (QED) is 0.174. The van der Waals surface area contributed by atoms with Crippen molar-refractivity contribution < 1.29 is 0 Å². The van der Waals surface area contributed by atoms with Gasteiger partial charge in [-0.25, -0.2) is 0 Å². The van der Waals surface area contributed by atoms with Crippen molar-refractivity contribution in [2.24, 2.45) is 0 Å². The minimum absolute atomic E-state index is 1.28. The highest BCUT2D eigenvalue weighted by molar-refractivity contribution is 14.1. The van der Waals surface area contributed by atoms with Gasteiger partial charge in [0.1, 0.15) is 0 Å². The zero-order valence-electron chi connectivity index (χ0n) is 17.4. The van der Waals surface area contributed by atoms with Crippen LogP contribution in [0.2, 0.25) is 0 Å². The molecule has 33 heavy (non-hydrogen) atoms. The van der Waals surface area contributed by atoms with Gasteiger partial charge in [-0.3, -0.25) is 0 Å². The second-order valence-corrected chi connectivity index (χ2v) is 10.4. The van der Waals surface area contributed by atoms with Crippen LogP contribution in [-0.2, 0) is 0 Å². The molecule has 9 rings (SSSR count). The summed E-state index contributed by atoms with van der Waals surface area (Å²) in [5, 5.41) is 10.7. The van der Waals surface area contributed by atoms with E-state index in [9.17, 15) is 0 Å². The summed E-state index contributed by atoms with van der Waals surface area (Å²) < 4.78 is 6.24. The van der Waals surface area contributed by atoms with Crippen LogP contribution in [0.15, 0.2) is 91.0 Å². The van der Waals surface area contributed by atoms with Crippen molar-refractivity contribution in [3.8, 4) is 0 Å². The summed E-state index contributed by atoms with van der Waals surface area (Å²) in [5.41, 5.74) is 7.82. The second kappa shape index (κ2) is 5.49. The summed E-state index contributed by atoms with van der Waals surface area (Å²) in [7, 11) is 0. The lowest BCUT2D eigenvalue weighted by molar-refractivity contribution is 1.35. The molecular formula is C30H15IN2. The van der Waals surface area contributed by atoms with Gasteiger partial charge in [-0.15, -0.1) is 0 Å². The largest absolute Gasteiger partial charge is 0.308 e. The van der Waals surface area contributed by atoms with Gasteiger partial charge in [0, 0.05) is 46.7 Å². The molecule has 0 spiro atoms. The number of aromatic nitrogens is 2. The Hall–Kier alpha value is -3.57. The average Bonchev–Trinajstić information content (AvgIpc) is 3.55. The third kappa shape index (κ3) is 1.82. The van der Waals surface area contributed by atoms with E-state index in [-0.39, 0.29) is 0 Å². The van der Waals surface area contributed by atoms with E-state index < -0.39 is 0 Å². The lowest BCUT2D eigenvalue weighted by Crippen LogP contribution is -1.83. The number of hydrogen-bond acceptors (Lipinski definition) is 0. The molecule has 0 amide bonds. The fourth-order valence-corrected chi connectivity index (χ4v) is 7.01. The zero-order valence-corrected chi connectivity index (χ0v) is 19.6. The number of hydrogen-bond donors (Lipinski definition) is 0. The fraction of sp³-hybridized carbons (Fsp3) is 0. The van der Waals surface area contributed by atoms with E-state index in [0.717, 1.165) is 0 Å². The summed E-state index contributed by atoms with van der Waals surface area (Å²) in [4.78, 5) is 0. The molecule has 4 aromatic heterocycles. The Bertz CT molecular complexity index is 2250. The SMILES string of the molecule is Ic1cc2c3ccccc3n3c4cc5c(cc4c(c1)c23)c1cccc2c3ccccc3n5c21. The Morgan fingerprint density at radius 3 is 1.58 bits per heavy atom. The van der Waals surface area contributed by atoms with Crippen LogP contribution in [-0.4, -0.2) is 8.80 Å². The molecule has 3 heteroatoms. The molecule has 5 aromatic carbocycles. The highest BCUT2D eigenvalue weighted by Gasteiger charge is 2.22. The maximum absolute atomic E-state index is 2.48. The van der Waals surface area contributed by atoms with E-state index in [4.69, 9.17) is 0 Å².